The zero-order valence-corrected chi connectivity index (χ0v) is 14.3. The molecule has 126 valence electrons. The number of nitrogens with zero attached hydrogens (tertiary/aromatic N) is 2. The van der Waals surface area contributed by atoms with Crippen LogP contribution >= 0.6 is 0 Å². The van der Waals surface area contributed by atoms with Gasteiger partial charge < -0.3 is 14.6 Å². The number of hydrogen-bond acceptors (Lipinski definition) is 5. The highest BCUT2D eigenvalue weighted by Gasteiger charge is 2.34. The Morgan fingerprint density at radius 1 is 1.45 bits per heavy atom. The second kappa shape index (κ2) is 7.08. The van der Waals surface area contributed by atoms with Crippen LogP contribution in [0.5, 0.6) is 0 Å². The van der Waals surface area contributed by atoms with Crippen LogP contribution in [0.1, 0.15) is 32.7 Å². The van der Waals surface area contributed by atoms with Gasteiger partial charge in [-0.2, -0.15) is 0 Å². The molecule has 7 nitrogen and oxygen atoms in total. The van der Waals surface area contributed by atoms with E-state index in [4.69, 9.17) is 4.74 Å². The third-order valence-corrected chi connectivity index (χ3v) is 5.49. The van der Waals surface area contributed by atoms with E-state index in [1.807, 2.05) is 13.8 Å². The highest BCUT2D eigenvalue weighted by Crippen LogP contribution is 2.28. The molecule has 0 spiro atoms. The van der Waals surface area contributed by atoms with Gasteiger partial charge in [-0.05, 0) is 39.8 Å². The number of hydrogen-bond donors (Lipinski definition) is 2. The molecule has 1 saturated heterocycles. The molecule has 0 unspecified atom stereocenters. The number of sulfonamides is 1. The van der Waals surface area contributed by atoms with E-state index in [0.29, 0.717) is 13.2 Å². The van der Waals surface area contributed by atoms with Crippen LogP contribution in [-0.4, -0.2) is 51.3 Å². The number of ether oxygens (including phenoxy) is 1. The van der Waals surface area contributed by atoms with Gasteiger partial charge in [0.2, 0.25) is 0 Å². The van der Waals surface area contributed by atoms with Gasteiger partial charge in [0.15, 0.2) is 5.03 Å². The molecule has 0 aliphatic carbocycles. The van der Waals surface area contributed by atoms with E-state index in [2.05, 4.69) is 15.0 Å². The van der Waals surface area contributed by atoms with Gasteiger partial charge in [-0.25, -0.2) is 18.1 Å². The maximum atomic E-state index is 12.4. The van der Waals surface area contributed by atoms with E-state index in [-0.39, 0.29) is 16.5 Å². The van der Waals surface area contributed by atoms with Crippen molar-refractivity contribution in [3.8, 4) is 0 Å². The Morgan fingerprint density at radius 2 is 2.14 bits per heavy atom. The highest BCUT2D eigenvalue weighted by atomic mass is 32.2. The van der Waals surface area contributed by atoms with Crippen LogP contribution in [0.25, 0.3) is 0 Å². The SMILES string of the molecule is COCC1(CNS(=O)(=O)c2cn(C(C)C)cn2)CCNCC1. The number of rotatable bonds is 7. The normalized spacial score (nSPS) is 18.7. The topological polar surface area (TPSA) is 85.2 Å². The van der Waals surface area contributed by atoms with Crippen LogP contribution in [0, 0.1) is 5.41 Å². The fourth-order valence-electron chi connectivity index (χ4n) is 2.70. The molecule has 0 radical (unpaired) electrons. The molecule has 1 aromatic heterocycles. The maximum absolute atomic E-state index is 12.4. The van der Waals surface area contributed by atoms with Gasteiger partial charge in [-0.15, -0.1) is 0 Å². The largest absolute Gasteiger partial charge is 0.384 e. The molecule has 1 aliphatic heterocycles. The van der Waals surface area contributed by atoms with Crippen LogP contribution in [0.4, 0.5) is 0 Å². The molecule has 0 amide bonds. The molecule has 1 aromatic rings. The minimum absolute atomic E-state index is 0.0719. The fourth-order valence-corrected chi connectivity index (χ4v) is 3.79. The first-order valence-corrected chi connectivity index (χ1v) is 9.10. The Bertz CT molecular complexity index is 571. The Hall–Kier alpha value is -0.960. The second-order valence-corrected chi connectivity index (χ2v) is 7.97. The number of imidazole rings is 1. The first kappa shape index (κ1) is 17.4. The van der Waals surface area contributed by atoms with Crippen molar-refractivity contribution in [3.05, 3.63) is 12.5 Å². The van der Waals surface area contributed by atoms with Gasteiger partial charge in [0, 0.05) is 31.3 Å². The Kier molecular flexibility index (Phi) is 5.60. The summed E-state index contributed by atoms with van der Waals surface area (Å²) in [4.78, 5) is 4.01. The van der Waals surface area contributed by atoms with Crippen LogP contribution in [0.3, 0.4) is 0 Å². The number of methoxy groups -OCH3 is 1. The Labute approximate surface area is 132 Å². The maximum Gasteiger partial charge on any atom is 0.259 e. The first-order valence-electron chi connectivity index (χ1n) is 7.61. The Morgan fingerprint density at radius 3 is 2.68 bits per heavy atom. The molecule has 0 atom stereocenters. The predicted octanol–water partition coefficient (Wildman–Crippen LogP) is 0.758. The summed E-state index contributed by atoms with van der Waals surface area (Å²) in [5, 5.41) is 3.37. The van der Waals surface area contributed by atoms with Crippen molar-refractivity contribution in [1.29, 1.82) is 0 Å². The van der Waals surface area contributed by atoms with Gasteiger partial charge >= 0.3 is 0 Å². The van der Waals surface area contributed by atoms with Gasteiger partial charge in [0.05, 0.1) is 12.9 Å². The van der Waals surface area contributed by atoms with Crippen molar-refractivity contribution in [2.24, 2.45) is 5.41 Å². The van der Waals surface area contributed by atoms with Gasteiger partial charge in [0.1, 0.15) is 0 Å². The van der Waals surface area contributed by atoms with Crippen LogP contribution in [-0.2, 0) is 14.8 Å². The lowest BCUT2D eigenvalue weighted by molar-refractivity contribution is 0.0577. The van der Waals surface area contributed by atoms with Gasteiger partial charge in [-0.1, -0.05) is 0 Å². The van der Waals surface area contributed by atoms with Crippen LogP contribution in [0.2, 0.25) is 0 Å². The fraction of sp³-hybridized carbons (Fsp3) is 0.786. The molecule has 0 saturated carbocycles. The molecule has 2 rings (SSSR count). The zero-order valence-electron chi connectivity index (χ0n) is 13.5. The van der Waals surface area contributed by atoms with Crippen molar-refractivity contribution in [3.63, 3.8) is 0 Å². The van der Waals surface area contributed by atoms with Crippen molar-refractivity contribution in [1.82, 2.24) is 19.6 Å². The van der Waals surface area contributed by atoms with E-state index in [1.165, 1.54) is 0 Å². The van der Waals surface area contributed by atoms with Crippen molar-refractivity contribution < 1.29 is 13.2 Å². The lowest BCUT2D eigenvalue weighted by atomic mass is 9.80. The molecule has 0 aromatic carbocycles. The summed E-state index contributed by atoms with van der Waals surface area (Å²) < 4.78 is 34.6. The first-order chi connectivity index (χ1) is 10.4. The van der Waals surface area contributed by atoms with Crippen molar-refractivity contribution in [2.75, 3.05) is 33.4 Å². The smallest absolute Gasteiger partial charge is 0.259 e. The molecule has 8 heteroatoms. The zero-order chi connectivity index (χ0) is 16.2. The van der Waals surface area contributed by atoms with E-state index in [0.717, 1.165) is 25.9 Å². The summed E-state index contributed by atoms with van der Waals surface area (Å²) >= 11 is 0. The molecule has 1 aliphatic rings. The predicted molar refractivity (Wildman–Crippen MR) is 84.2 cm³/mol. The van der Waals surface area contributed by atoms with E-state index >= 15 is 0 Å². The molecule has 0 bridgehead atoms. The molecule has 1 fully saturated rings. The molecule has 2 N–H and O–H groups in total. The van der Waals surface area contributed by atoms with E-state index < -0.39 is 10.0 Å². The average molecular weight is 330 g/mol. The van der Waals surface area contributed by atoms with E-state index in [9.17, 15) is 8.42 Å². The van der Waals surface area contributed by atoms with Crippen molar-refractivity contribution in [2.45, 2.75) is 37.8 Å². The Balaban J connectivity index is 2.06. The quantitative estimate of drug-likeness (QED) is 0.771. The molecular weight excluding hydrogens is 304 g/mol. The summed E-state index contributed by atoms with van der Waals surface area (Å²) in [6.45, 7) is 6.65. The van der Waals surface area contributed by atoms with Crippen LogP contribution < -0.4 is 10.0 Å². The highest BCUT2D eigenvalue weighted by molar-refractivity contribution is 7.89. The van der Waals surface area contributed by atoms with Crippen molar-refractivity contribution >= 4 is 10.0 Å². The summed E-state index contributed by atoms with van der Waals surface area (Å²) in [6, 6.07) is 0.181. The minimum Gasteiger partial charge on any atom is -0.384 e. The third kappa shape index (κ3) is 4.07. The summed E-state index contributed by atoms with van der Waals surface area (Å²) in [7, 11) is -1.93. The third-order valence-electron chi connectivity index (χ3n) is 4.20. The summed E-state index contributed by atoms with van der Waals surface area (Å²) in [6.07, 6.45) is 4.90. The van der Waals surface area contributed by atoms with Crippen LogP contribution in [0.15, 0.2) is 17.6 Å². The average Bonchev–Trinajstić information content (AvgIpc) is 2.98. The van der Waals surface area contributed by atoms with E-state index in [1.54, 1.807) is 24.2 Å². The lowest BCUT2D eigenvalue weighted by Gasteiger charge is -2.37. The minimum atomic E-state index is -3.59. The standard InChI is InChI=1S/C14H26N4O3S/c1-12(2)18-8-13(16-11-18)22(19,20)17-9-14(10-21-3)4-6-15-7-5-14/h8,11-12,15,17H,4-7,9-10H2,1-3H3. The summed E-state index contributed by atoms with van der Waals surface area (Å²) in [5.41, 5.74) is -0.145. The molecule has 22 heavy (non-hydrogen) atoms. The lowest BCUT2D eigenvalue weighted by Crippen LogP contribution is -2.47. The number of piperidine rings is 1. The van der Waals surface area contributed by atoms with Gasteiger partial charge in [0.25, 0.3) is 10.0 Å². The molecule has 2 heterocycles. The summed E-state index contributed by atoms with van der Waals surface area (Å²) in [5.74, 6) is 0. The molecular formula is C14H26N4O3S. The van der Waals surface area contributed by atoms with Gasteiger partial charge in [-0.3, -0.25) is 0 Å². The number of aromatic nitrogens is 2. The second-order valence-electron chi connectivity index (χ2n) is 6.26. The monoisotopic (exact) mass is 330 g/mol. The number of nitrogens with one attached hydrogen (secondary N) is 2.